The van der Waals surface area contributed by atoms with Gasteiger partial charge in [0.2, 0.25) is 10.0 Å². The fraction of sp³-hybridized carbons (Fsp3) is 0.375. The Morgan fingerprint density at radius 2 is 1.74 bits per heavy atom. The van der Waals surface area contributed by atoms with E-state index in [1.165, 1.54) is 26.0 Å². The lowest BCUT2D eigenvalue weighted by Gasteiger charge is -2.24. The molecule has 0 spiro atoms. The third-order valence-electron chi connectivity index (χ3n) is 5.81. The van der Waals surface area contributed by atoms with Gasteiger partial charge in [-0.1, -0.05) is 6.07 Å². The lowest BCUT2D eigenvalue weighted by Crippen LogP contribution is -2.43. The maximum absolute atomic E-state index is 13.2. The molecule has 1 heterocycles. The number of rotatable bonds is 7. The van der Waals surface area contributed by atoms with Crippen molar-refractivity contribution >= 4 is 33.4 Å². The van der Waals surface area contributed by atoms with Crippen molar-refractivity contribution in [2.45, 2.75) is 57.3 Å². The summed E-state index contributed by atoms with van der Waals surface area (Å²) in [5.41, 5.74) is 2.60. The minimum Gasteiger partial charge on any atom is -0.451 e. The molecular weight excluding hydrogens is 460 g/mol. The summed E-state index contributed by atoms with van der Waals surface area (Å²) < 4.78 is 32.6. The Morgan fingerprint density at radius 3 is 2.32 bits per heavy atom. The Balaban J connectivity index is 1.71. The van der Waals surface area contributed by atoms with Crippen LogP contribution >= 0.6 is 0 Å². The van der Waals surface area contributed by atoms with Crippen LogP contribution in [0.3, 0.4) is 0 Å². The van der Waals surface area contributed by atoms with Crippen LogP contribution in [0.1, 0.15) is 41.8 Å². The van der Waals surface area contributed by atoms with E-state index in [4.69, 9.17) is 4.74 Å². The molecule has 2 aromatic rings. The van der Waals surface area contributed by atoms with Crippen molar-refractivity contribution in [3.63, 3.8) is 0 Å². The van der Waals surface area contributed by atoms with Crippen LogP contribution in [0.25, 0.3) is 0 Å². The van der Waals surface area contributed by atoms with E-state index in [0.717, 1.165) is 15.4 Å². The Bertz CT molecular complexity index is 1210. The van der Waals surface area contributed by atoms with Gasteiger partial charge in [-0.3, -0.25) is 14.4 Å². The van der Waals surface area contributed by atoms with E-state index in [0.29, 0.717) is 11.3 Å². The van der Waals surface area contributed by atoms with Crippen LogP contribution < -0.4 is 5.32 Å². The number of hydrogen-bond acceptors (Lipinski definition) is 7. The number of Topliss-reactive ketones (excluding diaryl/α,β-unsaturated/α-hetero) is 1. The SMILES string of the molecule is CC(=O)c1ccc(NC(=O)C(C)OC(=O)[C@@H]2CC(O)CN2S(=O)(=O)c2ccc(C)c(C)c2)cc1. The van der Waals surface area contributed by atoms with Gasteiger partial charge in [0.15, 0.2) is 11.9 Å². The number of aliphatic hydroxyl groups excluding tert-OH is 1. The van der Waals surface area contributed by atoms with Crippen LogP contribution in [0.2, 0.25) is 0 Å². The average Bonchev–Trinajstić information content (AvgIpc) is 3.18. The monoisotopic (exact) mass is 488 g/mol. The maximum Gasteiger partial charge on any atom is 0.325 e. The molecule has 1 fully saturated rings. The van der Waals surface area contributed by atoms with Gasteiger partial charge in [0.25, 0.3) is 5.91 Å². The van der Waals surface area contributed by atoms with Crippen LogP contribution in [0.5, 0.6) is 0 Å². The van der Waals surface area contributed by atoms with Crippen molar-refractivity contribution in [3.05, 3.63) is 59.2 Å². The molecule has 0 aliphatic carbocycles. The largest absolute Gasteiger partial charge is 0.451 e. The number of amides is 1. The highest BCUT2D eigenvalue weighted by molar-refractivity contribution is 7.89. The highest BCUT2D eigenvalue weighted by Crippen LogP contribution is 2.28. The van der Waals surface area contributed by atoms with Gasteiger partial charge < -0.3 is 15.2 Å². The first-order valence-electron chi connectivity index (χ1n) is 10.8. The van der Waals surface area contributed by atoms with Crippen LogP contribution in [0.4, 0.5) is 5.69 Å². The highest BCUT2D eigenvalue weighted by atomic mass is 32.2. The summed E-state index contributed by atoms with van der Waals surface area (Å²) in [6, 6.07) is 9.62. The summed E-state index contributed by atoms with van der Waals surface area (Å²) in [5.74, 6) is -1.65. The number of nitrogens with zero attached hydrogens (tertiary/aromatic N) is 1. The molecule has 3 rings (SSSR count). The molecule has 182 valence electrons. The second-order valence-corrected chi connectivity index (χ2v) is 10.3. The predicted molar refractivity (Wildman–Crippen MR) is 125 cm³/mol. The topological polar surface area (TPSA) is 130 Å². The van der Waals surface area contributed by atoms with Gasteiger partial charge in [0.05, 0.1) is 11.0 Å². The minimum atomic E-state index is -4.08. The molecule has 2 aromatic carbocycles. The number of hydrogen-bond donors (Lipinski definition) is 2. The van der Waals surface area contributed by atoms with Gasteiger partial charge in [-0.05, 0) is 75.2 Å². The molecule has 10 heteroatoms. The number of aliphatic hydroxyl groups is 1. The summed E-state index contributed by atoms with van der Waals surface area (Å²) in [4.78, 5) is 36.7. The van der Waals surface area contributed by atoms with Gasteiger partial charge in [-0.15, -0.1) is 0 Å². The first kappa shape index (κ1) is 25.5. The summed E-state index contributed by atoms with van der Waals surface area (Å²) in [6.45, 7) is 6.18. The number of esters is 1. The first-order valence-corrected chi connectivity index (χ1v) is 12.2. The first-order chi connectivity index (χ1) is 15.9. The number of carbonyl (C=O) groups excluding carboxylic acids is 3. The normalized spacial score (nSPS) is 19.4. The third kappa shape index (κ3) is 5.52. The Kier molecular flexibility index (Phi) is 7.54. The van der Waals surface area contributed by atoms with Crippen molar-refractivity contribution < 1.29 is 32.6 Å². The fourth-order valence-corrected chi connectivity index (χ4v) is 5.32. The van der Waals surface area contributed by atoms with Crippen molar-refractivity contribution in [1.82, 2.24) is 4.31 Å². The molecule has 1 amide bonds. The van der Waals surface area contributed by atoms with E-state index < -0.39 is 40.1 Å². The second-order valence-electron chi connectivity index (χ2n) is 8.43. The lowest BCUT2D eigenvalue weighted by molar-refractivity contribution is -0.156. The maximum atomic E-state index is 13.2. The number of sulfonamides is 1. The third-order valence-corrected chi connectivity index (χ3v) is 7.68. The summed E-state index contributed by atoms with van der Waals surface area (Å²) in [5, 5.41) is 12.7. The molecule has 1 aliphatic heterocycles. The van der Waals surface area contributed by atoms with Crippen molar-refractivity contribution in [3.8, 4) is 0 Å². The number of β-amino-alcohol motifs (C(OH)–C–C–N with tert-alkyl or cyclic N) is 1. The molecule has 0 radical (unpaired) electrons. The molecule has 1 saturated heterocycles. The predicted octanol–water partition coefficient (Wildman–Crippen LogP) is 2.20. The number of carbonyl (C=O) groups is 3. The Morgan fingerprint density at radius 1 is 1.09 bits per heavy atom. The smallest absolute Gasteiger partial charge is 0.325 e. The molecule has 2 unspecified atom stereocenters. The Labute approximate surface area is 198 Å². The van der Waals surface area contributed by atoms with Crippen molar-refractivity contribution in [1.29, 1.82) is 0 Å². The molecule has 2 N–H and O–H groups in total. The summed E-state index contributed by atoms with van der Waals surface area (Å²) in [7, 11) is -4.08. The summed E-state index contributed by atoms with van der Waals surface area (Å²) in [6.07, 6.45) is -2.39. The quantitative estimate of drug-likeness (QED) is 0.451. The molecule has 0 saturated carbocycles. The lowest BCUT2D eigenvalue weighted by atomic mass is 10.1. The van der Waals surface area contributed by atoms with Gasteiger partial charge >= 0.3 is 5.97 Å². The zero-order valence-electron chi connectivity index (χ0n) is 19.4. The molecule has 0 aromatic heterocycles. The van der Waals surface area contributed by atoms with E-state index in [1.54, 1.807) is 37.3 Å². The minimum absolute atomic E-state index is 0.0160. The summed E-state index contributed by atoms with van der Waals surface area (Å²) >= 11 is 0. The van der Waals surface area contributed by atoms with Gasteiger partial charge in [0.1, 0.15) is 6.04 Å². The molecule has 0 bridgehead atoms. The van der Waals surface area contributed by atoms with Crippen molar-refractivity contribution in [2.75, 3.05) is 11.9 Å². The number of nitrogens with one attached hydrogen (secondary N) is 1. The molecule has 9 nitrogen and oxygen atoms in total. The van der Waals surface area contributed by atoms with Crippen LogP contribution in [0, 0.1) is 13.8 Å². The average molecular weight is 489 g/mol. The number of ether oxygens (including phenoxy) is 1. The number of aryl methyl sites for hydroxylation is 2. The second kappa shape index (κ2) is 10.0. The number of ketones is 1. The zero-order valence-corrected chi connectivity index (χ0v) is 20.3. The van der Waals surface area contributed by atoms with Crippen LogP contribution in [0.15, 0.2) is 47.4 Å². The van der Waals surface area contributed by atoms with Crippen molar-refractivity contribution in [2.24, 2.45) is 0 Å². The van der Waals surface area contributed by atoms with E-state index in [-0.39, 0.29) is 23.6 Å². The van der Waals surface area contributed by atoms with E-state index in [9.17, 15) is 27.9 Å². The zero-order chi connectivity index (χ0) is 25.2. The molecule has 3 atom stereocenters. The molecular formula is C24H28N2O7S. The Hall–Kier alpha value is -3.08. The molecule has 1 aliphatic rings. The highest BCUT2D eigenvalue weighted by Gasteiger charge is 2.45. The van der Waals surface area contributed by atoms with Gasteiger partial charge in [0, 0.05) is 24.2 Å². The van der Waals surface area contributed by atoms with Gasteiger partial charge in [-0.2, -0.15) is 4.31 Å². The van der Waals surface area contributed by atoms with E-state index >= 15 is 0 Å². The number of anilines is 1. The van der Waals surface area contributed by atoms with Gasteiger partial charge in [-0.25, -0.2) is 8.42 Å². The number of benzene rings is 2. The van der Waals surface area contributed by atoms with E-state index in [1.807, 2.05) is 6.92 Å². The fourth-order valence-electron chi connectivity index (χ4n) is 3.61. The van der Waals surface area contributed by atoms with Crippen LogP contribution in [-0.2, 0) is 24.3 Å². The van der Waals surface area contributed by atoms with E-state index in [2.05, 4.69) is 5.32 Å². The standard InChI is InChI=1S/C24H28N2O7S/c1-14-5-10-21(11-15(14)2)34(31,32)26-13-20(28)12-22(26)24(30)33-17(4)23(29)25-19-8-6-18(7-9-19)16(3)27/h5-11,17,20,22,28H,12-13H2,1-4H3,(H,25,29)/t17?,20?,22-/m0/s1. The molecule has 34 heavy (non-hydrogen) atoms. The van der Waals surface area contributed by atoms with Crippen LogP contribution in [-0.4, -0.2) is 60.3 Å².